The van der Waals surface area contributed by atoms with Crippen LogP contribution >= 0.6 is 0 Å². The minimum atomic E-state index is -0.353. The predicted octanol–water partition coefficient (Wildman–Crippen LogP) is 3.85. The molecule has 0 aliphatic carbocycles. The number of ether oxygens (including phenoxy) is 1. The number of para-hydroxylation sites is 1. The van der Waals surface area contributed by atoms with Gasteiger partial charge in [0.25, 0.3) is 5.91 Å². The van der Waals surface area contributed by atoms with Crippen molar-refractivity contribution in [2.75, 3.05) is 17.2 Å². The molecule has 0 aliphatic heterocycles. The highest BCUT2D eigenvalue weighted by molar-refractivity contribution is 5.91. The van der Waals surface area contributed by atoms with Crippen molar-refractivity contribution in [3.05, 3.63) is 84.4 Å². The minimum Gasteiger partial charge on any atom is -0.483 e. The van der Waals surface area contributed by atoms with Crippen LogP contribution in [0.1, 0.15) is 5.56 Å². The van der Waals surface area contributed by atoms with Crippen molar-refractivity contribution < 1.29 is 13.9 Å². The molecule has 2 aromatic carbocycles. The summed E-state index contributed by atoms with van der Waals surface area (Å²) in [7, 11) is 0. The molecular weight excluding hydrogens is 333 g/mol. The molecule has 6 heteroatoms. The first kappa shape index (κ1) is 17.4. The van der Waals surface area contributed by atoms with Crippen LogP contribution in [0.5, 0.6) is 5.75 Å². The third kappa shape index (κ3) is 5.04. The number of benzene rings is 2. The van der Waals surface area contributed by atoms with Gasteiger partial charge in [0.15, 0.2) is 6.61 Å². The number of nitrogens with zero attached hydrogens (tertiary/aromatic N) is 1. The fourth-order valence-electron chi connectivity index (χ4n) is 2.33. The van der Waals surface area contributed by atoms with Crippen molar-refractivity contribution in [3.63, 3.8) is 0 Å². The smallest absolute Gasteiger partial charge is 0.262 e. The van der Waals surface area contributed by atoms with Gasteiger partial charge in [0.1, 0.15) is 11.6 Å². The molecule has 0 saturated heterocycles. The second-order valence-electron chi connectivity index (χ2n) is 5.55. The van der Waals surface area contributed by atoms with Crippen LogP contribution in [0.3, 0.4) is 0 Å². The second-order valence-corrected chi connectivity index (χ2v) is 5.55. The summed E-state index contributed by atoms with van der Waals surface area (Å²) in [6.07, 6.45) is 3.45. The normalized spacial score (nSPS) is 10.2. The largest absolute Gasteiger partial charge is 0.483 e. The van der Waals surface area contributed by atoms with Gasteiger partial charge in [-0.2, -0.15) is 0 Å². The predicted molar refractivity (Wildman–Crippen MR) is 98.5 cm³/mol. The Kier molecular flexibility index (Phi) is 5.77. The molecule has 1 amide bonds. The van der Waals surface area contributed by atoms with E-state index in [1.54, 1.807) is 12.4 Å². The maximum atomic E-state index is 12.9. The number of halogens is 1. The molecule has 3 rings (SSSR count). The summed E-state index contributed by atoms with van der Waals surface area (Å²) in [5, 5.41) is 5.92. The molecule has 1 heterocycles. The third-order valence-corrected chi connectivity index (χ3v) is 3.60. The van der Waals surface area contributed by atoms with Crippen molar-refractivity contribution in [1.29, 1.82) is 0 Å². The molecule has 0 radical (unpaired) electrons. The van der Waals surface area contributed by atoms with Crippen LogP contribution in [0.2, 0.25) is 0 Å². The van der Waals surface area contributed by atoms with E-state index in [2.05, 4.69) is 15.6 Å². The molecular formula is C20H18FN3O2. The lowest BCUT2D eigenvalue weighted by Gasteiger charge is -2.13. The maximum absolute atomic E-state index is 12.9. The first-order valence-corrected chi connectivity index (χ1v) is 8.11. The molecule has 2 N–H and O–H groups in total. The van der Waals surface area contributed by atoms with Gasteiger partial charge in [-0.3, -0.25) is 9.78 Å². The lowest BCUT2D eigenvalue weighted by molar-refractivity contribution is -0.118. The van der Waals surface area contributed by atoms with Crippen LogP contribution in [0, 0.1) is 5.82 Å². The number of anilines is 2. The number of carbonyl (C=O) groups is 1. The average Bonchev–Trinajstić information content (AvgIpc) is 2.68. The first-order chi connectivity index (χ1) is 12.7. The molecule has 26 heavy (non-hydrogen) atoms. The fourth-order valence-corrected chi connectivity index (χ4v) is 2.33. The standard InChI is InChI=1S/C20H18FN3O2/c21-16-7-9-17(10-8-16)24-20(25)14-26-19-6-2-1-4-15(19)12-23-18-5-3-11-22-13-18/h1-11,13,23H,12,14H2,(H,24,25). The average molecular weight is 351 g/mol. The van der Waals surface area contributed by atoms with Gasteiger partial charge in [0, 0.05) is 30.2 Å². The zero-order chi connectivity index (χ0) is 18.2. The molecule has 0 unspecified atom stereocenters. The number of amides is 1. The van der Waals surface area contributed by atoms with E-state index in [-0.39, 0.29) is 18.3 Å². The van der Waals surface area contributed by atoms with Crippen LogP contribution in [0.4, 0.5) is 15.8 Å². The Morgan fingerprint density at radius 3 is 2.58 bits per heavy atom. The van der Waals surface area contributed by atoms with Crippen LogP contribution in [-0.4, -0.2) is 17.5 Å². The monoisotopic (exact) mass is 351 g/mol. The summed E-state index contributed by atoms with van der Waals surface area (Å²) < 4.78 is 18.5. The van der Waals surface area contributed by atoms with Crippen molar-refractivity contribution in [1.82, 2.24) is 4.98 Å². The highest BCUT2D eigenvalue weighted by Gasteiger charge is 2.07. The van der Waals surface area contributed by atoms with E-state index in [0.29, 0.717) is 18.0 Å². The number of aromatic nitrogens is 1. The molecule has 0 spiro atoms. The van der Waals surface area contributed by atoms with Gasteiger partial charge in [-0.1, -0.05) is 18.2 Å². The quantitative estimate of drug-likeness (QED) is 0.679. The Labute approximate surface area is 150 Å². The Morgan fingerprint density at radius 2 is 1.81 bits per heavy atom. The number of carbonyl (C=O) groups excluding carboxylic acids is 1. The van der Waals surface area contributed by atoms with Crippen molar-refractivity contribution in [2.24, 2.45) is 0 Å². The third-order valence-electron chi connectivity index (χ3n) is 3.60. The molecule has 1 aromatic heterocycles. The fraction of sp³-hybridized carbons (Fsp3) is 0.100. The van der Waals surface area contributed by atoms with Gasteiger partial charge >= 0.3 is 0 Å². The number of hydrogen-bond donors (Lipinski definition) is 2. The number of rotatable bonds is 7. The van der Waals surface area contributed by atoms with Crippen molar-refractivity contribution in [2.45, 2.75) is 6.54 Å². The van der Waals surface area contributed by atoms with Crippen LogP contribution in [-0.2, 0) is 11.3 Å². The first-order valence-electron chi connectivity index (χ1n) is 8.11. The van der Waals surface area contributed by atoms with Crippen molar-refractivity contribution >= 4 is 17.3 Å². The Bertz CT molecular complexity index is 854. The van der Waals surface area contributed by atoms with Gasteiger partial charge in [0.05, 0.1) is 5.69 Å². The van der Waals surface area contributed by atoms with Gasteiger partial charge in [-0.05, 0) is 42.5 Å². The zero-order valence-corrected chi connectivity index (χ0v) is 14.0. The van der Waals surface area contributed by atoms with Gasteiger partial charge < -0.3 is 15.4 Å². The summed E-state index contributed by atoms with van der Waals surface area (Å²) >= 11 is 0. The maximum Gasteiger partial charge on any atom is 0.262 e. The minimum absolute atomic E-state index is 0.138. The van der Waals surface area contributed by atoms with E-state index in [9.17, 15) is 9.18 Å². The van der Waals surface area contributed by atoms with Crippen LogP contribution in [0.15, 0.2) is 73.1 Å². The summed E-state index contributed by atoms with van der Waals surface area (Å²) in [4.78, 5) is 16.1. The van der Waals surface area contributed by atoms with Crippen LogP contribution in [0.25, 0.3) is 0 Å². The summed E-state index contributed by atoms with van der Waals surface area (Å²) in [6, 6.07) is 16.8. The number of nitrogens with one attached hydrogen (secondary N) is 2. The Morgan fingerprint density at radius 1 is 1.00 bits per heavy atom. The number of pyridine rings is 1. The van der Waals surface area contributed by atoms with E-state index < -0.39 is 0 Å². The van der Waals surface area contributed by atoms with E-state index in [4.69, 9.17) is 4.74 Å². The summed E-state index contributed by atoms with van der Waals surface area (Å²) in [5.74, 6) is -0.0425. The second kappa shape index (κ2) is 8.62. The van der Waals surface area contributed by atoms with Crippen LogP contribution < -0.4 is 15.4 Å². The molecule has 5 nitrogen and oxygen atoms in total. The highest BCUT2D eigenvalue weighted by atomic mass is 19.1. The topological polar surface area (TPSA) is 63.2 Å². The zero-order valence-electron chi connectivity index (χ0n) is 14.0. The van der Waals surface area contributed by atoms with E-state index in [0.717, 1.165) is 11.3 Å². The summed E-state index contributed by atoms with van der Waals surface area (Å²) in [5.41, 5.74) is 2.34. The molecule has 0 saturated carbocycles. The highest BCUT2D eigenvalue weighted by Crippen LogP contribution is 2.19. The van der Waals surface area contributed by atoms with Gasteiger partial charge in [-0.15, -0.1) is 0 Å². The SMILES string of the molecule is O=C(COc1ccccc1CNc1cccnc1)Nc1ccc(F)cc1. The summed E-state index contributed by atoms with van der Waals surface area (Å²) in [6.45, 7) is 0.405. The van der Waals surface area contributed by atoms with E-state index in [1.807, 2.05) is 36.4 Å². The van der Waals surface area contributed by atoms with E-state index >= 15 is 0 Å². The molecule has 0 aliphatic rings. The van der Waals surface area contributed by atoms with Gasteiger partial charge in [0.2, 0.25) is 0 Å². The molecule has 0 fully saturated rings. The van der Waals surface area contributed by atoms with Crippen molar-refractivity contribution in [3.8, 4) is 5.75 Å². The molecule has 0 atom stereocenters. The lowest BCUT2D eigenvalue weighted by Crippen LogP contribution is -2.20. The number of hydrogen-bond acceptors (Lipinski definition) is 4. The molecule has 0 bridgehead atoms. The Hall–Kier alpha value is -3.41. The van der Waals surface area contributed by atoms with E-state index in [1.165, 1.54) is 24.3 Å². The molecule has 132 valence electrons. The molecule has 3 aromatic rings. The Balaban J connectivity index is 1.56. The lowest BCUT2D eigenvalue weighted by atomic mass is 10.2. The van der Waals surface area contributed by atoms with Gasteiger partial charge in [-0.25, -0.2) is 4.39 Å².